The molecule has 1 amide bonds. The van der Waals surface area contributed by atoms with E-state index in [0.29, 0.717) is 16.3 Å². The van der Waals surface area contributed by atoms with Gasteiger partial charge in [-0.05, 0) is 42.5 Å². The largest absolute Gasteiger partial charge is 0.398 e. The smallest absolute Gasteiger partial charge is 0.237 e. The quantitative estimate of drug-likeness (QED) is 0.812. The van der Waals surface area contributed by atoms with E-state index in [4.69, 9.17) is 5.73 Å². The highest BCUT2D eigenvalue weighted by Gasteiger charge is 2.13. The van der Waals surface area contributed by atoms with Crippen molar-refractivity contribution in [1.82, 2.24) is 0 Å². The van der Waals surface area contributed by atoms with Crippen LogP contribution < -0.4 is 11.1 Å². The van der Waals surface area contributed by atoms with E-state index in [-0.39, 0.29) is 11.6 Å². The van der Waals surface area contributed by atoms with Crippen molar-refractivity contribution < 1.29 is 13.4 Å². The zero-order chi connectivity index (χ0) is 15.4. The molecule has 7 heteroatoms. The second-order valence-corrected chi connectivity index (χ2v) is 6.56. The Morgan fingerprint density at radius 3 is 2.52 bits per heavy atom. The SMILES string of the molecule is Nc1cc(Br)ccc1S(=O)CC(=O)Nc1ccc(F)cc1. The first-order valence-corrected chi connectivity index (χ1v) is 8.06. The fraction of sp³-hybridized carbons (Fsp3) is 0.0714. The van der Waals surface area contributed by atoms with Gasteiger partial charge in [0, 0.05) is 15.8 Å². The molecule has 2 rings (SSSR count). The van der Waals surface area contributed by atoms with Gasteiger partial charge in [0.25, 0.3) is 0 Å². The molecule has 0 radical (unpaired) electrons. The van der Waals surface area contributed by atoms with Gasteiger partial charge in [0.1, 0.15) is 11.6 Å². The Morgan fingerprint density at radius 2 is 1.90 bits per heavy atom. The van der Waals surface area contributed by atoms with Crippen LogP contribution in [-0.4, -0.2) is 15.9 Å². The molecule has 2 aromatic rings. The highest BCUT2D eigenvalue weighted by Crippen LogP contribution is 2.21. The molecule has 4 nitrogen and oxygen atoms in total. The first kappa shape index (κ1) is 15.7. The van der Waals surface area contributed by atoms with E-state index in [1.54, 1.807) is 18.2 Å². The number of hydrogen-bond donors (Lipinski definition) is 2. The average molecular weight is 371 g/mol. The van der Waals surface area contributed by atoms with Gasteiger partial charge in [-0.1, -0.05) is 15.9 Å². The molecule has 1 atom stereocenters. The van der Waals surface area contributed by atoms with Crippen LogP contribution in [0.1, 0.15) is 0 Å². The Hall–Kier alpha value is -1.73. The topological polar surface area (TPSA) is 72.2 Å². The van der Waals surface area contributed by atoms with Crippen LogP contribution in [0.4, 0.5) is 15.8 Å². The molecule has 0 saturated carbocycles. The van der Waals surface area contributed by atoms with Gasteiger partial charge in [0.2, 0.25) is 5.91 Å². The van der Waals surface area contributed by atoms with Crippen molar-refractivity contribution in [2.75, 3.05) is 16.8 Å². The van der Waals surface area contributed by atoms with E-state index < -0.39 is 16.7 Å². The van der Waals surface area contributed by atoms with Crippen molar-refractivity contribution >= 4 is 44.0 Å². The fourth-order valence-electron chi connectivity index (χ4n) is 1.65. The number of amides is 1. The van der Waals surface area contributed by atoms with Crippen LogP contribution in [0.25, 0.3) is 0 Å². The zero-order valence-corrected chi connectivity index (χ0v) is 13.2. The molecule has 0 heterocycles. The monoisotopic (exact) mass is 370 g/mol. The average Bonchev–Trinajstić information content (AvgIpc) is 2.41. The molecule has 21 heavy (non-hydrogen) atoms. The first-order valence-electron chi connectivity index (χ1n) is 5.94. The minimum atomic E-state index is -1.54. The van der Waals surface area contributed by atoms with Gasteiger partial charge in [-0.3, -0.25) is 9.00 Å². The maximum absolute atomic E-state index is 12.8. The van der Waals surface area contributed by atoms with Gasteiger partial charge in [-0.2, -0.15) is 0 Å². The van der Waals surface area contributed by atoms with Crippen LogP contribution in [0.2, 0.25) is 0 Å². The third kappa shape index (κ3) is 4.37. The third-order valence-corrected chi connectivity index (χ3v) is 4.49. The number of nitrogens with one attached hydrogen (secondary N) is 1. The summed E-state index contributed by atoms with van der Waals surface area (Å²) < 4.78 is 25.7. The molecular weight excluding hydrogens is 359 g/mol. The maximum Gasteiger partial charge on any atom is 0.237 e. The van der Waals surface area contributed by atoms with Crippen molar-refractivity contribution in [3.8, 4) is 0 Å². The summed E-state index contributed by atoms with van der Waals surface area (Å²) in [5.41, 5.74) is 6.58. The van der Waals surface area contributed by atoms with E-state index >= 15 is 0 Å². The Morgan fingerprint density at radius 1 is 1.24 bits per heavy atom. The number of halogens is 2. The molecule has 0 spiro atoms. The van der Waals surface area contributed by atoms with Gasteiger partial charge >= 0.3 is 0 Å². The molecule has 0 aliphatic carbocycles. The molecule has 0 aliphatic rings. The Balaban J connectivity index is 2.02. The molecule has 2 aromatic carbocycles. The van der Waals surface area contributed by atoms with E-state index in [1.165, 1.54) is 24.3 Å². The van der Waals surface area contributed by atoms with Crippen LogP contribution in [0.3, 0.4) is 0 Å². The summed E-state index contributed by atoms with van der Waals surface area (Å²) in [4.78, 5) is 12.2. The number of nitrogens with two attached hydrogens (primary N) is 1. The van der Waals surface area contributed by atoms with Crippen LogP contribution in [0.15, 0.2) is 51.8 Å². The van der Waals surface area contributed by atoms with E-state index in [9.17, 15) is 13.4 Å². The summed E-state index contributed by atoms with van der Waals surface area (Å²) in [6.45, 7) is 0. The lowest BCUT2D eigenvalue weighted by Gasteiger charge is -2.07. The molecule has 0 saturated heterocycles. The molecule has 110 valence electrons. The lowest BCUT2D eigenvalue weighted by atomic mass is 10.3. The normalized spacial score (nSPS) is 11.9. The van der Waals surface area contributed by atoms with Crippen LogP contribution in [0.5, 0.6) is 0 Å². The second-order valence-electron chi connectivity index (χ2n) is 4.23. The van der Waals surface area contributed by atoms with Crippen molar-refractivity contribution in [3.05, 3.63) is 52.8 Å². The lowest BCUT2D eigenvalue weighted by molar-refractivity contribution is -0.113. The fourth-order valence-corrected chi connectivity index (χ4v) is 3.04. The van der Waals surface area contributed by atoms with Crippen molar-refractivity contribution in [1.29, 1.82) is 0 Å². The highest BCUT2D eigenvalue weighted by molar-refractivity contribution is 9.10. The summed E-state index contributed by atoms with van der Waals surface area (Å²) >= 11 is 3.26. The van der Waals surface area contributed by atoms with E-state index in [1.807, 2.05) is 0 Å². The summed E-state index contributed by atoms with van der Waals surface area (Å²) in [6, 6.07) is 10.3. The first-order chi connectivity index (χ1) is 9.95. The summed E-state index contributed by atoms with van der Waals surface area (Å²) in [6.07, 6.45) is 0. The molecule has 0 aliphatic heterocycles. The number of rotatable bonds is 4. The molecular formula is C14H12BrFN2O2S. The number of carbonyl (C=O) groups excluding carboxylic acids is 1. The number of carbonyl (C=O) groups is 1. The van der Waals surface area contributed by atoms with Crippen LogP contribution in [-0.2, 0) is 15.6 Å². The zero-order valence-electron chi connectivity index (χ0n) is 10.8. The van der Waals surface area contributed by atoms with Gasteiger partial charge in [-0.15, -0.1) is 0 Å². The predicted octanol–water partition coefficient (Wildman–Crippen LogP) is 2.92. The minimum absolute atomic E-state index is 0.219. The predicted molar refractivity (Wildman–Crippen MR) is 84.9 cm³/mol. The Kier molecular flexibility index (Phi) is 5.08. The molecule has 1 unspecified atom stereocenters. The third-order valence-electron chi connectivity index (χ3n) is 2.61. The Bertz CT molecular complexity index is 692. The van der Waals surface area contributed by atoms with Gasteiger partial charge in [-0.25, -0.2) is 4.39 Å². The standard InChI is InChI=1S/C14H12BrFN2O2S/c15-9-1-6-13(12(17)7-9)21(20)8-14(19)18-11-4-2-10(16)3-5-11/h1-7H,8,17H2,(H,18,19). The van der Waals surface area contributed by atoms with E-state index in [0.717, 1.165) is 4.47 Å². The number of anilines is 2. The molecule has 0 aromatic heterocycles. The second kappa shape index (κ2) is 6.82. The van der Waals surface area contributed by atoms with Crippen LogP contribution >= 0.6 is 15.9 Å². The van der Waals surface area contributed by atoms with Crippen molar-refractivity contribution in [3.63, 3.8) is 0 Å². The molecule has 3 N–H and O–H groups in total. The minimum Gasteiger partial charge on any atom is -0.398 e. The molecule has 0 bridgehead atoms. The van der Waals surface area contributed by atoms with Gasteiger partial charge < -0.3 is 11.1 Å². The maximum atomic E-state index is 12.8. The number of benzene rings is 2. The van der Waals surface area contributed by atoms with Crippen molar-refractivity contribution in [2.45, 2.75) is 4.90 Å². The number of nitrogen functional groups attached to an aromatic ring is 1. The van der Waals surface area contributed by atoms with Crippen molar-refractivity contribution in [2.24, 2.45) is 0 Å². The van der Waals surface area contributed by atoms with Gasteiger partial charge in [0.05, 0.1) is 15.7 Å². The van der Waals surface area contributed by atoms with Gasteiger partial charge in [0.15, 0.2) is 0 Å². The summed E-state index contributed by atoms with van der Waals surface area (Å²) in [5, 5.41) is 2.55. The molecule has 0 fully saturated rings. The lowest BCUT2D eigenvalue weighted by Crippen LogP contribution is -2.20. The van der Waals surface area contributed by atoms with Crippen LogP contribution in [0, 0.1) is 5.82 Å². The van der Waals surface area contributed by atoms with E-state index in [2.05, 4.69) is 21.2 Å². The summed E-state index contributed by atoms with van der Waals surface area (Å²) in [5.74, 6) is -1.04. The number of hydrogen-bond acceptors (Lipinski definition) is 3. The highest BCUT2D eigenvalue weighted by atomic mass is 79.9. The summed E-state index contributed by atoms with van der Waals surface area (Å²) in [7, 11) is -1.54. The Labute approximate surface area is 132 Å².